The fraction of sp³-hybridized carbons (Fsp3) is 0.154. The zero-order chi connectivity index (χ0) is 13.0. The SMILES string of the molecule is COc1ncccc1CNc1ccc(I)c(Br)c1. The Balaban J connectivity index is 2.09. The molecule has 0 saturated heterocycles. The molecule has 18 heavy (non-hydrogen) atoms. The Morgan fingerprint density at radius 3 is 2.94 bits per heavy atom. The van der Waals surface area contributed by atoms with Crippen LogP contribution in [0, 0.1) is 3.57 Å². The Morgan fingerprint density at radius 2 is 2.22 bits per heavy atom. The predicted molar refractivity (Wildman–Crippen MR) is 85.0 cm³/mol. The van der Waals surface area contributed by atoms with Crippen LogP contribution in [-0.2, 0) is 6.54 Å². The zero-order valence-corrected chi connectivity index (χ0v) is 13.5. The topological polar surface area (TPSA) is 34.1 Å². The second kappa shape index (κ2) is 6.38. The minimum Gasteiger partial charge on any atom is -0.481 e. The molecule has 0 fully saturated rings. The number of ether oxygens (including phenoxy) is 1. The Morgan fingerprint density at radius 1 is 1.39 bits per heavy atom. The van der Waals surface area contributed by atoms with Crippen LogP contribution >= 0.6 is 38.5 Å². The number of nitrogens with one attached hydrogen (secondary N) is 1. The van der Waals surface area contributed by atoms with Crippen molar-refractivity contribution in [3.63, 3.8) is 0 Å². The number of benzene rings is 1. The average Bonchev–Trinajstić information content (AvgIpc) is 2.40. The summed E-state index contributed by atoms with van der Waals surface area (Å²) >= 11 is 5.80. The summed E-state index contributed by atoms with van der Waals surface area (Å²) in [6.45, 7) is 0.685. The first-order valence-electron chi connectivity index (χ1n) is 5.37. The van der Waals surface area contributed by atoms with Crippen LogP contribution in [0.25, 0.3) is 0 Å². The van der Waals surface area contributed by atoms with Crippen LogP contribution in [0.3, 0.4) is 0 Å². The molecule has 0 aliphatic rings. The van der Waals surface area contributed by atoms with Crippen LogP contribution in [0.1, 0.15) is 5.56 Å². The first kappa shape index (κ1) is 13.6. The maximum atomic E-state index is 5.22. The third kappa shape index (κ3) is 3.35. The van der Waals surface area contributed by atoms with Gasteiger partial charge in [0.15, 0.2) is 0 Å². The molecular formula is C13H12BrIN2O. The van der Waals surface area contributed by atoms with Gasteiger partial charge in [-0.3, -0.25) is 0 Å². The van der Waals surface area contributed by atoms with E-state index in [0.717, 1.165) is 15.7 Å². The van der Waals surface area contributed by atoms with Gasteiger partial charge in [-0.25, -0.2) is 4.98 Å². The van der Waals surface area contributed by atoms with E-state index >= 15 is 0 Å². The summed E-state index contributed by atoms with van der Waals surface area (Å²) in [6.07, 6.45) is 1.73. The van der Waals surface area contributed by atoms with Gasteiger partial charge in [0.05, 0.1) is 7.11 Å². The summed E-state index contributed by atoms with van der Waals surface area (Å²) in [6, 6.07) is 10.1. The molecular weight excluding hydrogens is 407 g/mol. The van der Waals surface area contributed by atoms with E-state index in [-0.39, 0.29) is 0 Å². The number of halogens is 2. The second-order valence-corrected chi connectivity index (χ2v) is 5.67. The molecule has 1 N–H and O–H groups in total. The number of hydrogen-bond acceptors (Lipinski definition) is 3. The van der Waals surface area contributed by atoms with Gasteiger partial charge in [0.1, 0.15) is 0 Å². The quantitative estimate of drug-likeness (QED) is 0.760. The minimum absolute atomic E-state index is 0.662. The van der Waals surface area contributed by atoms with Crippen molar-refractivity contribution in [2.24, 2.45) is 0 Å². The molecule has 0 bridgehead atoms. The molecule has 0 unspecified atom stereocenters. The number of nitrogens with zero attached hydrogens (tertiary/aromatic N) is 1. The lowest BCUT2D eigenvalue weighted by atomic mass is 10.2. The maximum absolute atomic E-state index is 5.22. The van der Waals surface area contributed by atoms with Crippen molar-refractivity contribution < 1.29 is 4.74 Å². The van der Waals surface area contributed by atoms with E-state index in [9.17, 15) is 0 Å². The van der Waals surface area contributed by atoms with E-state index in [1.54, 1.807) is 13.3 Å². The molecule has 0 radical (unpaired) electrons. The fourth-order valence-electron chi connectivity index (χ4n) is 1.55. The normalized spacial score (nSPS) is 10.2. The minimum atomic E-state index is 0.662. The first-order chi connectivity index (χ1) is 8.70. The monoisotopic (exact) mass is 418 g/mol. The molecule has 1 aromatic carbocycles. The number of hydrogen-bond donors (Lipinski definition) is 1. The lowest BCUT2D eigenvalue weighted by molar-refractivity contribution is 0.393. The maximum Gasteiger partial charge on any atom is 0.218 e. The zero-order valence-electron chi connectivity index (χ0n) is 9.78. The first-order valence-corrected chi connectivity index (χ1v) is 7.24. The highest BCUT2D eigenvalue weighted by Crippen LogP contribution is 2.23. The van der Waals surface area contributed by atoms with Gasteiger partial charge in [-0.05, 0) is 62.8 Å². The summed E-state index contributed by atoms with van der Waals surface area (Å²) in [4.78, 5) is 4.17. The summed E-state index contributed by atoms with van der Waals surface area (Å²) in [7, 11) is 1.63. The molecule has 94 valence electrons. The van der Waals surface area contributed by atoms with Gasteiger partial charge in [0, 0.05) is 32.0 Å². The largest absolute Gasteiger partial charge is 0.481 e. The molecule has 2 rings (SSSR count). The van der Waals surface area contributed by atoms with Gasteiger partial charge < -0.3 is 10.1 Å². The molecule has 2 aromatic rings. The van der Waals surface area contributed by atoms with Crippen LogP contribution in [0.5, 0.6) is 5.88 Å². The molecule has 0 aliphatic heterocycles. The molecule has 0 aliphatic carbocycles. The third-order valence-electron chi connectivity index (χ3n) is 2.45. The van der Waals surface area contributed by atoms with Crippen molar-refractivity contribution in [3.05, 3.63) is 50.1 Å². The summed E-state index contributed by atoms with van der Waals surface area (Å²) < 4.78 is 7.50. The summed E-state index contributed by atoms with van der Waals surface area (Å²) in [5, 5.41) is 3.35. The summed E-state index contributed by atoms with van der Waals surface area (Å²) in [5.74, 6) is 0.662. The Hall–Kier alpha value is -0.820. The molecule has 5 heteroatoms. The highest BCUT2D eigenvalue weighted by molar-refractivity contribution is 14.1. The molecule has 0 spiro atoms. The average molecular weight is 419 g/mol. The summed E-state index contributed by atoms with van der Waals surface area (Å²) in [5.41, 5.74) is 2.10. The van der Waals surface area contributed by atoms with E-state index in [0.29, 0.717) is 12.4 Å². The lowest BCUT2D eigenvalue weighted by Gasteiger charge is -2.10. The molecule has 1 aromatic heterocycles. The van der Waals surface area contributed by atoms with E-state index in [1.165, 1.54) is 3.57 Å². The molecule has 1 heterocycles. The molecule has 3 nitrogen and oxygen atoms in total. The number of anilines is 1. The smallest absolute Gasteiger partial charge is 0.218 e. The Kier molecular flexibility index (Phi) is 4.82. The van der Waals surface area contributed by atoms with Crippen molar-refractivity contribution in [2.75, 3.05) is 12.4 Å². The number of rotatable bonds is 4. The van der Waals surface area contributed by atoms with Crippen molar-refractivity contribution in [3.8, 4) is 5.88 Å². The third-order valence-corrected chi connectivity index (χ3v) is 4.78. The number of methoxy groups -OCH3 is 1. The van der Waals surface area contributed by atoms with Gasteiger partial charge >= 0.3 is 0 Å². The highest BCUT2D eigenvalue weighted by Gasteiger charge is 2.03. The van der Waals surface area contributed by atoms with Crippen molar-refractivity contribution in [1.82, 2.24) is 4.98 Å². The van der Waals surface area contributed by atoms with E-state index in [2.05, 4.69) is 67.0 Å². The van der Waals surface area contributed by atoms with E-state index < -0.39 is 0 Å². The second-order valence-electron chi connectivity index (χ2n) is 3.65. The lowest BCUT2D eigenvalue weighted by Crippen LogP contribution is -2.02. The van der Waals surface area contributed by atoms with E-state index in [4.69, 9.17) is 4.74 Å². The van der Waals surface area contributed by atoms with Gasteiger partial charge in [0.2, 0.25) is 5.88 Å². The standard InChI is InChI=1S/C13H12BrIN2O/c1-18-13-9(3-2-6-16-13)8-17-10-4-5-12(15)11(14)7-10/h2-7,17H,8H2,1H3. The van der Waals surface area contributed by atoms with Gasteiger partial charge in [-0.2, -0.15) is 0 Å². The van der Waals surface area contributed by atoms with Gasteiger partial charge in [-0.15, -0.1) is 0 Å². The van der Waals surface area contributed by atoms with Crippen LogP contribution < -0.4 is 10.1 Å². The molecule has 0 amide bonds. The molecule has 0 saturated carbocycles. The van der Waals surface area contributed by atoms with Crippen LogP contribution in [0.4, 0.5) is 5.69 Å². The van der Waals surface area contributed by atoms with E-state index in [1.807, 2.05) is 12.1 Å². The number of aromatic nitrogens is 1. The Labute approximate surface area is 128 Å². The molecule has 0 atom stereocenters. The fourth-order valence-corrected chi connectivity index (χ4v) is 2.26. The van der Waals surface area contributed by atoms with Crippen LogP contribution in [0.15, 0.2) is 41.0 Å². The van der Waals surface area contributed by atoms with Crippen molar-refractivity contribution in [2.45, 2.75) is 6.54 Å². The van der Waals surface area contributed by atoms with Crippen molar-refractivity contribution in [1.29, 1.82) is 0 Å². The van der Waals surface area contributed by atoms with Crippen molar-refractivity contribution >= 4 is 44.2 Å². The Bertz CT molecular complexity index is 548. The number of pyridine rings is 1. The highest BCUT2D eigenvalue weighted by atomic mass is 127. The van der Waals surface area contributed by atoms with Crippen LogP contribution in [-0.4, -0.2) is 12.1 Å². The van der Waals surface area contributed by atoms with Gasteiger partial charge in [0.25, 0.3) is 0 Å². The predicted octanol–water partition coefficient (Wildman–Crippen LogP) is 4.07. The van der Waals surface area contributed by atoms with Crippen LogP contribution in [0.2, 0.25) is 0 Å². The van der Waals surface area contributed by atoms with Gasteiger partial charge in [-0.1, -0.05) is 6.07 Å².